The second-order valence-electron chi connectivity index (χ2n) is 2.34. The average Bonchev–Trinajstić information content (AvgIpc) is 2.15. The first-order valence-corrected chi connectivity index (χ1v) is 4.00. The third kappa shape index (κ3) is 2.34. The first-order valence-electron chi connectivity index (χ1n) is 3.62. The summed E-state index contributed by atoms with van der Waals surface area (Å²) in [7, 11) is 0. The molecule has 0 aliphatic rings. The molecule has 0 aromatic carbocycles. The van der Waals surface area contributed by atoms with E-state index >= 15 is 0 Å². The lowest BCUT2D eigenvalue weighted by molar-refractivity contribution is -0.384. The summed E-state index contributed by atoms with van der Waals surface area (Å²) in [5, 5.41) is 13.4. The molecule has 1 rings (SSSR count). The van der Waals surface area contributed by atoms with Gasteiger partial charge < -0.3 is 5.32 Å². The molecule has 0 bridgehead atoms. The van der Waals surface area contributed by atoms with Gasteiger partial charge in [0.25, 0.3) is 0 Å². The Balaban J connectivity index is 3.03. The Bertz CT molecular complexity index is 400. The van der Waals surface area contributed by atoms with Crippen molar-refractivity contribution in [1.29, 1.82) is 0 Å². The topological polar surface area (TPSA) is 68.1 Å². The van der Waals surface area contributed by atoms with Crippen molar-refractivity contribution in [2.75, 3.05) is 11.9 Å². The van der Waals surface area contributed by atoms with E-state index in [1.807, 2.05) is 0 Å². The van der Waals surface area contributed by atoms with Crippen LogP contribution in [0, 0.1) is 22.5 Å². The fourth-order valence-corrected chi connectivity index (χ4v) is 0.991. The highest BCUT2D eigenvalue weighted by Gasteiger charge is 2.14. The molecule has 0 atom stereocenters. The quantitative estimate of drug-likeness (QED) is 0.469. The highest BCUT2D eigenvalue weighted by Crippen LogP contribution is 2.24. The Morgan fingerprint density at radius 3 is 3.07 bits per heavy atom. The zero-order valence-electron chi connectivity index (χ0n) is 7.03. The summed E-state index contributed by atoms with van der Waals surface area (Å²) in [5.74, 6) is 2.41. The van der Waals surface area contributed by atoms with E-state index in [-0.39, 0.29) is 23.1 Å². The van der Waals surface area contributed by atoms with Gasteiger partial charge in [-0.05, 0) is 0 Å². The SMILES string of the molecule is C#CCNc1ncc(Cl)cc1[N+](=O)[O-]. The van der Waals surface area contributed by atoms with Crippen LogP contribution in [0.2, 0.25) is 5.02 Å². The van der Waals surface area contributed by atoms with Crippen LogP contribution in [-0.2, 0) is 0 Å². The molecule has 5 nitrogen and oxygen atoms in total. The van der Waals surface area contributed by atoms with Crippen LogP contribution >= 0.6 is 11.6 Å². The van der Waals surface area contributed by atoms with Crippen LogP contribution in [0.1, 0.15) is 0 Å². The van der Waals surface area contributed by atoms with Gasteiger partial charge in [-0.15, -0.1) is 6.42 Å². The highest BCUT2D eigenvalue weighted by atomic mass is 35.5. The summed E-state index contributed by atoms with van der Waals surface area (Å²) in [6.45, 7) is 0.176. The van der Waals surface area contributed by atoms with E-state index in [0.29, 0.717) is 0 Å². The molecule has 0 saturated carbocycles. The summed E-state index contributed by atoms with van der Waals surface area (Å²) in [6, 6.07) is 1.22. The summed E-state index contributed by atoms with van der Waals surface area (Å²) in [4.78, 5) is 13.7. The third-order valence-corrected chi connectivity index (χ3v) is 1.60. The molecule has 0 fully saturated rings. The Morgan fingerprint density at radius 2 is 2.50 bits per heavy atom. The first kappa shape index (κ1) is 10.3. The summed E-state index contributed by atoms with van der Waals surface area (Å²) in [5.41, 5.74) is -0.187. The van der Waals surface area contributed by atoms with Crippen LogP contribution < -0.4 is 5.32 Å². The molecule has 0 aliphatic carbocycles. The van der Waals surface area contributed by atoms with E-state index in [2.05, 4.69) is 16.2 Å². The standard InChI is InChI=1S/C8H6ClN3O2/c1-2-3-10-8-7(12(13)14)4-6(9)5-11-8/h1,4-5H,3H2,(H,10,11). The molecule has 72 valence electrons. The maximum atomic E-state index is 10.6. The number of hydrogen-bond donors (Lipinski definition) is 1. The van der Waals surface area contributed by atoms with Crippen molar-refractivity contribution in [3.63, 3.8) is 0 Å². The van der Waals surface area contributed by atoms with Crippen LogP contribution in [0.25, 0.3) is 0 Å². The van der Waals surface area contributed by atoms with Gasteiger partial charge in [-0.2, -0.15) is 0 Å². The van der Waals surface area contributed by atoms with Gasteiger partial charge in [-0.1, -0.05) is 17.5 Å². The Hall–Kier alpha value is -1.80. The summed E-state index contributed by atoms with van der Waals surface area (Å²) < 4.78 is 0. The molecule has 0 spiro atoms. The fourth-order valence-electron chi connectivity index (χ4n) is 0.839. The molecule has 0 radical (unpaired) electrons. The lowest BCUT2D eigenvalue weighted by Gasteiger charge is -2.02. The second kappa shape index (κ2) is 4.44. The van der Waals surface area contributed by atoms with E-state index < -0.39 is 4.92 Å². The third-order valence-electron chi connectivity index (χ3n) is 1.39. The van der Waals surface area contributed by atoms with Gasteiger partial charge in [0.2, 0.25) is 5.82 Å². The summed E-state index contributed by atoms with van der Waals surface area (Å²) >= 11 is 5.56. The van der Waals surface area contributed by atoms with Crippen LogP contribution in [0.5, 0.6) is 0 Å². The maximum absolute atomic E-state index is 10.6. The van der Waals surface area contributed by atoms with E-state index in [1.165, 1.54) is 12.3 Å². The number of anilines is 1. The number of hydrogen-bond acceptors (Lipinski definition) is 4. The number of pyridine rings is 1. The number of aromatic nitrogens is 1. The predicted octanol–water partition coefficient (Wildman–Crippen LogP) is 1.69. The van der Waals surface area contributed by atoms with Gasteiger partial charge in [0.15, 0.2) is 0 Å². The van der Waals surface area contributed by atoms with Crippen LogP contribution in [0.4, 0.5) is 11.5 Å². The number of nitrogens with zero attached hydrogens (tertiary/aromatic N) is 2. The van der Waals surface area contributed by atoms with Crippen molar-refractivity contribution in [3.05, 3.63) is 27.4 Å². The normalized spacial score (nSPS) is 9.14. The molecule has 0 saturated heterocycles. The number of rotatable bonds is 3. The first-order chi connectivity index (χ1) is 6.65. The van der Waals surface area contributed by atoms with Crippen molar-refractivity contribution >= 4 is 23.1 Å². The molecular weight excluding hydrogens is 206 g/mol. The van der Waals surface area contributed by atoms with Crippen molar-refractivity contribution < 1.29 is 4.92 Å². The largest absolute Gasteiger partial charge is 0.353 e. The number of halogens is 1. The minimum absolute atomic E-state index is 0.123. The second-order valence-corrected chi connectivity index (χ2v) is 2.77. The van der Waals surface area contributed by atoms with E-state index in [1.54, 1.807) is 0 Å². The van der Waals surface area contributed by atoms with Gasteiger partial charge in [-0.25, -0.2) is 4.98 Å². The Morgan fingerprint density at radius 1 is 1.79 bits per heavy atom. The Kier molecular flexibility index (Phi) is 3.26. The van der Waals surface area contributed by atoms with Crippen molar-refractivity contribution in [1.82, 2.24) is 4.98 Å². The molecule has 0 unspecified atom stereocenters. The number of nitro groups is 1. The molecule has 14 heavy (non-hydrogen) atoms. The molecule has 1 N–H and O–H groups in total. The minimum Gasteiger partial charge on any atom is -0.353 e. The van der Waals surface area contributed by atoms with Crippen LogP contribution in [0.15, 0.2) is 12.3 Å². The lowest BCUT2D eigenvalue weighted by atomic mass is 10.4. The lowest BCUT2D eigenvalue weighted by Crippen LogP contribution is -2.04. The number of nitrogens with one attached hydrogen (secondary N) is 1. The molecule has 1 aromatic rings. The molecule has 6 heteroatoms. The van der Waals surface area contributed by atoms with Crippen molar-refractivity contribution in [2.45, 2.75) is 0 Å². The monoisotopic (exact) mass is 211 g/mol. The van der Waals surface area contributed by atoms with Gasteiger partial charge in [-0.3, -0.25) is 10.1 Å². The smallest absolute Gasteiger partial charge is 0.312 e. The minimum atomic E-state index is -0.572. The Labute approximate surface area is 85.3 Å². The van der Waals surface area contributed by atoms with Crippen LogP contribution in [-0.4, -0.2) is 16.5 Å². The van der Waals surface area contributed by atoms with E-state index in [4.69, 9.17) is 18.0 Å². The van der Waals surface area contributed by atoms with Gasteiger partial charge in [0.1, 0.15) is 0 Å². The predicted molar refractivity (Wildman–Crippen MR) is 53.2 cm³/mol. The van der Waals surface area contributed by atoms with E-state index in [9.17, 15) is 10.1 Å². The van der Waals surface area contributed by atoms with Gasteiger partial charge in [0.05, 0.1) is 16.5 Å². The average molecular weight is 212 g/mol. The van der Waals surface area contributed by atoms with Crippen molar-refractivity contribution in [2.24, 2.45) is 0 Å². The molecule has 1 aromatic heterocycles. The molecular formula is C8H6ClN3O2. The zero-order chi connectivity index (χ0) is 10.6. The number of terminal acetylenes is 1. The summed E-state index contributed by atoms with van der Waals surface area (Å²) in [6.07, 6.45) is 6.31. The molecule has 0 amide bonds. The van der Waals surface area contributed by atoms with Gasteiger partial charge >= 0.3 is 5.69 Å². The highest BCUT2D eigenvalue weighted by molar-refractivity contribution is 6.30. The zero-order valence-corrected chi connectivity index (χ0v) is 7.78. The van der Waals surface area contributed by atoms with E-state index in [0.717, 1.165) is 0 Å². The molecule has 1 heterocycles. The molecule has 0 aliphatic heterocycles. The fraction of sp³-hybridized carbons (Fsp3) is 0.125. The van der Waals surface area contributed by atoms with Gasteiger partial charge in [0, 0.05) is 12.3 Å². The maximum Gasteiger partial charge on any atom is 0.312 e. The van der Waals surface area contributed by atoms with Crippen LogP contribution in [0.3, 0.4) is 0 Å². The van der Waals surface area contributed by atoms with Crippen molar-refractivity contribution in [3.8, 4) is 12.3 Å².